The fourth-order valence-corrected chi connectivity index (χ4v) is 3.27. The molecule has 0 aliphatic rings. The summed E-state index contributed by atoms with van der Waals surface area (Å²) in [6.07, 6.45) is 1.47. The highest BCUT2D eigenvalue weighted by Gasteiger charge is 2.11. The molecular formula is C18H12BrIN2O5. The number of halogens is 2. The van der Waals surface area contributed by atoms with Crippen LogP contribution in [0.5, 0.6) is 5.75 Å². The molecule has 0 atom stereocenters. The number of nitrogens with zero attached hydrogens (tertiary/aromatic N) is 1. The first-order chi connectivity index (χ1) is 12.9. The first-order valence-electron chi connectivity index (χ1n) is 7.59. The number of hydrazone groups is 1. The molecule has 2 aromatic carbocycles. The molecule has 1 amide bonds. The Hall–Kier alpha value is -2.40. The van der Waals surface area contributed by atoms with Crippen molar-refractivity contribution in [2.24, 2.45) is 5.10 Å². The quantitative estimate of drug-likeness (QED) is 0.278. The number of hydrogen-bond donors (Lipinski definition) is 2. The summed E-state index contributed by atoms with van der Waals surface area (Å²) in [5, 5.41) is 13.4. The van der Waals surface area contributed by atoms with Crippen LogP contribution in [0.2, 0.25) is 0 Å². The Balaban J connectivity index is 1.64. The van der Waals surface area contributed by atoms with Crippen LogP contribution in [0, 0.1) is 3.57 Å². The summed E-state index contributed by atoms with van der Waals surface area (Å²) in [6, 6.07) is 12.2. The Morgan fingerprint density at radius 2 is 2.07 bits per heavy atom. The van der Waals surface area contributed by atoms with Gasteiger partial charge in [-0.1, -0.05) is 15.9 Å². The topological polar surface area (TPSA) is 101 Å². The molecule has 27 heavy (non-hydrogen) atoms. The second kappa shape index (κ2) is 8.53. The highest BCUT2D eigenvalue weighted by Crippen LogP contribution is 2.23. The lowest BCUT2D eigenvalue weighted by Crippen LogP contribution is -2.16. The Kier molecular flexibility index (Phi) is 6.11. The molecule has 7 nitrogen and oxygen atoms in total. The molecule has 0 aliphatic carbocycles. The smallest absolute Gasteiger partial charge is 0.341 e. The number of carbonyl (C=O) groups is 2. The lowest BCUT2D eigenvalue weighted by Gasteiger charge is -2.06. The van der Waals surface area contributed by atoms with Gasteiger partial charge in [0.1, 0.15) is 11.3 Å². The minimum absolute atomic E-state index is 0.159. The molecule has 3 rings (SSSR count). The van der Waals surface area contributed by atoms with Gasteiger partial charge < -0.3 is 14.3 Å². The summed E-state index contributed by atoms with van der Waals surface area (Å²) in [4.78, 5) is 22.7. The maximum absolute atomic E-state index is 12.2. The lowest BCUT2D eigenvalue weighted by molar-refractivity contribution is -0.139. The summed E-state index contributed by atoms with van der Waals surface area (Å²) < 4.78 is 12.3. The van der Waals surface area contributed by atoms with Crippen LogP contribution in [0.25, 0.3) is 11.0 Å². The van der Waals surface area contributed by atoms with Gasteiger partial charge in [0.15, 0.2) is 12.4 Å². The van der Waals surface area contributed by atoms with E-state index in [0.29, 0.717) is 11.3 Å². The van der Waals surface area contributed by atoms with E-state index in [1.165, 1.54) is 6.21 Å². The van der Waals surface area contributed by atoms with Crippen LogP contribution in [-0.4, -0.2) is 29.8 Å². The van der Waals surface area contributed by atoms with Crippen LogP contribution in [0.1, 0.15) is 16.1 Å². The molecular weight excluding hydrogens is 531 g/mol. The fraction of sp³-hybridized carbons (Fsp3) is 0.0556. The second-order valence-electron chi connectivity index (χ2n) is 5.36. The van der Waals surface area contributed by atoms with Crippen LogP contribution in [0.15, 0.2) is 56.5 Å². The number of carbonyl (C=O) groups excluding carboxylic acids is 1. The van der Waals surface area contributed by atoms with E-state index in [1.807, 2.05) is 34.7 Å². The van der Waals surface area contributed by atoms with Crippen molar-refractivity contribution < 1.29 is 23.8 Å². The molecule has 1 aromatic heterocycles. The maximum Gasteiger partial charge on any atom is 0.341 e. The number of benzene rings is 2. The number of amides is 1. The van der Waals surface area contributed by atoms with Gasteiger partial charge in [0, 0.05) is 9.86 Å². The third-order valence-electron chi connectivity index (χ3n) is 3.39. The van der Waals surface area contributed by atoms with E-state index in [2.05, 4.69) is 26.5 Å². The Morgan fingerprint density at radius 3 is 2.81 bits per heavy atom. The number of rotatable bonds is 6. The van der Waals surface area contributed by atoms with Gasteiger partial charge in [-0.05, 0) is 70.6 Å². The first kappa shape index (κ1) is 19.4. The van der Waals surface area contributed by atoms with Gasteiger partial charge in [-0.3, -0.25) is 4.79 Å². The summed E-state index contributed by atoms with van der Waals surface area (Å²) >= 11 is 5.40. The molecule has 0 radical (unpaired) electrons. The van der Waals surface area contributed by atoms with Gasteiger partial charge >= 0.3 is 11.9 Å². The van der Waals surface area contributed by atoms with E-state index in [9.17, 15) is 9.59 Å². The van der Waals surface area contributed by atoms with Crippen LogP contribution in [0.3, 0.4) is 0 Å². The monoisotopic (exact) mass is 542 g/mol. The summed E-state index contributed by atoms with van der Waals surface area (Å²) in [5.74, 6) is -0.883. The Morgan fingerprint density at radius 1 is 1.26 bits per heavy atom. The zero-order chi connectivity index (χ0) is 19.4. The number of carboxylic acid groups (broad SMARTS) is 1. The Labute approximate surface area is 175 Å². The van der Waals surface area contributed by atoms with Gasteiger partial charge in [-0.15, -0.1) is 0 Å². The third-order valence-corrected chi connectivity index (χ3v) is 4.73. The van der Waals surface area contributed by atoms with Crippen molar-refractivity contribution in [1.29, 1.82) is 0 Å². The molecule has 0 aliphatic heterocycles. The molecule has 0 spiro atoms. The van der Waals surface area contributed by atoms with Crippen molar-refractivity contribution in [2.75, 3.05) is 6.61 Å². The standard InChI is InChI=1S/C18H12BrIN2O5/c19-12-2-4-14-11(6-12)7-16(27-14)18(25)22-21-8-10-1-3-15(13(20)5-10)26-9-17(23)24/h1-8H,9H2,(H,22,25)(H,23,24)/b21-8+. The van der Waals surface area contributed by atoms with E-state index >= 15 is 0 Å². The van der Waals surface area contributed by atoms with Gasteiger partial charge in [0.25, 0.3) is 0 Å². The van der Waals surface area contributed by atoms with Gasteiger partial charge in [-0.25, -0.2) is 10.2 Å². The molecule has 0 bridgehead atoms. The lowest BCUT2D eigenvalue weighted by atomic mass is 10.2. The number of hydrogen-bond acceptors (Lipinski definition) is 5. The van der Waals surface area contributed by atoms with Gasteiger partial charge in [0.2, 0.25) is 0 Å². The number of nitrogens with one attached hydrogen (secondary N) is 1. The number of carboxylic acids is 1. The average Bonchev–Trinajstić information content (AvgIpc) is 3.04. The number of fused-ring (bicyclic) bond motifs is 1. The fourth-order valence-electron chi connectivity index (χ4n) is 2.20. The summed E-state index contributed by atoms with van der Waals surface area (Å²) in [7, 11) is 0. The van der Waals surface area contributed by atoms with E-state index in [4.69, 9.17) is 14.3 Å². The first-order valence-corrected chi connectivity index (χ1v) is 9.46. The van der Waals surface area contributed by atoms with Gasteiger partial charge in [0.05, 0.1) is 9.78 Å². The van der Waals surface area contributed by atoms with Crippen LogP contribution < -0.4 is 10.2 Å². The van der Waals surface area contributed by atoms with E-state index in [-0.39, 0.29) is 5.76 Å². The van der Waals surface area contributed by atoms with E-state index in [1.54, 1.807) is 30.3 Å². The molecule has 3 aromatic rings. The molecule has 2 N–H and O–H groups in total. The second-order valence-corrected chi connectivity index (χ2v) is 7.44. The van der Waals surface area contributed by atoms with Crippen LogP contribution in [0.4, 0.5) is 0 Å². The van der Waals surface area contributed by atoms with Crippen molar-refractivity contribution >= 4 is 67.6 Å². The minimum atomic E-state index is -1.04. The normalized spacial score (nSPS) is 11.0. The van der Waals surface area contributed by atoms with E-state index < -0.39 is 18.5 Å². The summed E-state index contributed by atoms with van der Waals surface area (Å²) in [6.45, 7) is -0.409. The number of aliphatic carboxylic acids is 1. The molecule has 0 saturated heterocycles. The van der Waals surface area contributed by atoms with Crippen molar-refractivity contribution in [3.63, 3.8) is 0 Å². The average molecular weight is 543 g/mol. The number of ether oxygens (including phenoxy) is 1. The van der Waals surface area contributed by atoms with Crippen LogP contribution >= 0.6 is 38.5 Å². The minimum Gasteiger partial charge on any atom is -0.481 e. The highest BCUT2D eigenvalue weighted by atomic mass is 127. The molecule has 138 valence electrons. The van der Waals surface area contributed by atoms with Crippen molar-refractivity contribution in [3.05, 3.63) is 61.8 Å². The Bertz CT molecular complexity index is 1050. The zero-order valence-electron chi connectivity index (χ0n) is 13.6. The third kappa shape index (κ3) is 5.07. The van der Waals surface area contributed by atoms with Gasteiger partial charge in [-0.2, -0.15) is 5.10 Å². The molecule has 9 heteroatoms. The maximum atomic E-state index is 12.2. The van der Waals surface area contributed by atoms with E-state index in [0.717, 1.165) is 19.0 Å². The van der Waals surface area contributed by atoms with Crippen molar-refractivity contribution in [2.45, 2.75) is 0 Å². The molecule has 0 unspecified atom stereocenters. The summed E-state index contributed by atoms with van der Waals surface area (Å²) in [5.41, 5.74) is 3.74. The predicted octanol–water partition coefficient (Wildman–Crippen LogP) is 4.03. The molecule has 0 saturated carbocycles. The van der Waals surface area contributed by atoms with Crippen molar-refractivity contribution in [3.8, 4) is 5.75 Å². The number of furan rings is 1. The zero-order valence-corrected chi connectivity index (χ0v) is 17.4. The van der Waals surface area contributed by atoms with Crippen LogP contribution in [-0.2, 0) is 4.79 Å². The molecule has 1 heterocycles. The SMILES string of the molecule is O=C(O)COc1ccc(/C=N/NC(=O)c2cc3cc(Br)ccc3o2)cc1I. The molecule has 0 fully saturated rings. The predicted molar refractivity (Wildman–Crippen MR) is 111 cm³/mol. The largest absolute Gasteiger partial charge is 0.481 e. The highest BCUT2D eigenvalue weighted by molar-refractivity contribution is 14.1. The van der Waals surface area contributed by atoms with Crippen molar-refractivity contribution in [1.82, 2.24) is 5.43 Å².